The number of carboxylic acid groups (broad SMARTS) is 1. The molecule has 1 aliphatic carbocycles. The number of benzene rings is 2. The third kappa shape index (κ3) is 10.1. The predicted octanol–water partition coefficient (Wildman–Crippen LogP) is 5.40. The first-order valence-corrected chi connectivity index (χ1v) is 12.7. The van der Waals surface area contributed by atoms with E-state index in [0.29, 0.717) is 19.1 Å². The molecule has 0 aromatic heterocycles. The lowest BCUT2D eigenvalue weighted by Crippen LogP contribution is -2.46. The summed E-state index contributed by atoms with van der Waals surface area (Å²) >= 11 is 0. The molecule has 198 valence electrons. The number of rotatable bonds is 12. The number of aryl methyl sites for hydroxylation is 2. The molecule has 1 saturated carbocycles. The number of aliphatic carboxylic acids is 1. The van der Waals surface area contributed by atoms with Crippen LogP contribution in [0.15, 0.2) is 54.6 Å². The number of carbonyl (C=O) groups is 1. The third-order valence-corrected chi connectivity index (χ3v) is 6.31. The summed E-state index contributed by atoms with van der Waals surface area (Å²) in [6.07, 6.45) is 5.23. The Morgan fingerprint density at radius 3 is 2.42 bits per heavy atom. The highest BCUT2D eigenvalue weighted by Crippen LogP contribution is 2.45. The highest BCUT2D eigenvalue weighted by molar-refractivity contribution is 5.79. The Morgan fingerprint density at radius 2 is 1.86 bits per heavy atom. The summed E-state index contributed by atoms with van der Waals surface area (Å²) in [7, 11) is 1.69. The second kappa shape index (κ2) is 14.2. The van der Waals surface area contributed by atoms with Crippen LogP contribution in [-0.4, -0.2) is 48.1 Å². The Balaban J connectivity index is 0.000000678. The molecule has 0 saturated heterocycles. The van der Waals surface area contributed by atoms with Gasteiger partial charge in [0.15, 0.2) is 0 Å². The van der Waals surface area contributed by atoms with E-state index in [1.165, 1.54) is 35.6 Å². The van der Waals surface area contributed by atoms with Crippen LogP contribution >= 0.6 is 0 Å². The van der Waals surface area contributed by atoms with Crippen molar-refractivity contribution in [3.05, 3.63) is 76.9 Å². The molecular formula is C30H43NO5. The number of hydrogen-bond donors (Lipinski definition) is 3. The van der Waals surface area contributed by atoms with E-state index in [0.717, 1.165) is 23.8 Å². The van der Waals surface area contributed by atoms with E-state index >= 15 is 0 Å². The molecule has 3 N–H and O–H groups in total. The van der Waals surface area contributed by atoms with E-state index in [9.17, 15) is 9.90 Å². The van der Waals surface area contributed by atoms with Crippen LogP contribution in [0, 0.1) is 19.8 Å². The molecule has 0 aliphatic heterocycles. The molecule has 0 radical (unpaired) electrons. The molecular weight excluding hydrogens is 454 g/mol. The molecule has 1 aliphatic rings. The summed E-state index contributed by atoms with van der Waals surface area (Å²) < 4.78 is 11.7. The number of carboxylic acids is 1. The largest absolute Gasteiger partial charge is 0.496 e. The van der Waals surface area contributed by atoms with E-state index in [2.05, 4.69) is 57.3 Å². The second-order valence-corrected chi connectivity index (χ2v) is 10.2. The van der Waals surface area contributed by atoms with Crippen LogP contribution in [0.3, 0.4) is 0 Å². The van der Waals surface area contributed by atoms with Crippen LogP contribution in [0.2, 0.25) is 0 Å². The normalized spacial score (nSPS) is 15.2. The number of para-hydroxylation sites is 1. The monoisotopic (exact) mass is 497 g/mol. The number of hydrogen-bond acceptors (Lipinski definition) is 5. The molecule has 6 heteroatoms. The van der Waals surface area contributed by atoms with Gasteiger partial charge in [-0.1, -0.05) is 42.5 Å². The molecule has 2 aromatic rings. The van der Waals surface area contributed by atoms with Crippen molar-refractivity contribution in [1.82, 2.24) is 5.32 Å². The Labute approximate surface area is 216 Å². The maximum Gasteiger partial charge on any atom is 0.327 e. The molecule has 2 aromatic carbocycles. The Hall–Kier alpha value is -2.67. The van der Waals surface area contributed by atoms with E-state index in [1.807, 2.05) is 18.2 Å². The van der Waals surface area contributed by atoms with Crippen LogP contribution < -0.4 is 10.1 Å². The number of aliphatic hydroxyl groups is 1. The molecule has 6 nitrogen and oxygen atoms in total. The highest BCUT2D eigenvalue weighted by atomic mass is 16.5. The van der Waals surface area contributed by atoms with E-state index in [1.54, 1.807) is 14.0 Å². The maximum atomic E-state index is 10.6. The lowest BCUT2D eigenvalue weighted by molar-refractivity contribution is -0.131. The van der Waals surface area contributed by atoms with Gasteiger partial charge in [-0.3, -0.25) is 0 Å². The van der Waals surface area contributed by atoms with Crippen molar-refractivity contribution in [3.63, 3.8) is 0 Å². The predicted molar refractivity (Wildman–Crippen MR) is 145 cm³/mol. The van der Waals surface area contributed by atoms with Gasteiger partial charge in [0.1, 0.15) is 5.75 Å². The average molecular weight is 498 g/mol. The molecule has 3 rings (SSSR count). The molecule has 0 unspecified atom stereocenters. The standard InChI is InChI=1S/C26H37NO3.C4H6O2/c1-18-10-11-20(14-19(18)2)15-26(3,4)27-16-22(28)17-30-25(21-12-13-21)23-8-6-7-9-24(23)29-5;1-2-3-4(5)6/h6-11,14,21-22,25,27-28H,12-13,15-17H2,1-5H3;2-3H,1H3,(H,5,6)/b;3-2+/t22-,25-;/m1./s1. The summed E-state index contributed by atoms with van der Waals surface area (Å²) in [5, 5.41) is 21.9. The van der Waals surface area contributed by atoms with Crippen LogP contribution in [0.4, 0.5) is 0 Å². The lowest BCUT2D eigenvalue weighted by atomic mass is 9.93. The Morgan fingerprint density at radius 1 is 1.17 bits per heavy atom. The first kappa shape index (κ1) is 29.6. The fourth-order valence-corrected chi connectivity index (χ4v) is 4.08. The summed E-state index contributed by atoms with van der Waals surface area (Å²) in [4.78, 5) is 9.51. The molecule has 0 heterocycles. The first-order chi connectivity index (χ1) is 17.1. The number of β-amino-alcohol motifs (C(OH)–C–C–N with tert-alkyl or cyclic N) is 1. The van der Waals surface area contributed by atoms with Crippen molar-refractivity contribution < 1.29 is 24.5 Å². The molecule has 36 heavy (non-hydrogen) atoms. The van der Waals surface area contributed by atoms with E-state index < -0.39 is 12.1 Å². The average Bonchev–Trinajstić information content (AvgIpc) is 3.66. The molecule has 2 atom stereocenters. The number of ether oxygens (including phenoxy) is 2. The van der Waals surface area contributed by atoms with Crippen molar-refractivity contribution in [3.8, 4) is 5.75 Å². The van der Waals surface area contributed by atoms with Crippen molar-refractivity contribution in [1.29, 1.82) is 0 Å². The molecule has 0 bridgehead atoms. The zero-order valence-electron chi connectivity index (χ0n) is 22.6. The van der Waals surface area contributed by atoms with Gasteiger partial charge >= 0.3 is 5.97 Å². The number of nitrogens with one attached hydrogen (secondary N) is 1. The first-order valence-electron chi connectivity index (χ1n) is 12.7. The Bertz CT molecular complexity index is 997. The van der Waals surface area contributed by atoms with E-state index in [-0.39, 0.29) is 11.6 Å². The van der Waals surface area contributed by atoms with Gasteiger partial charge in [0, 0.05) is 23.7 Å². The minimum Gasteiger partial charge on any atom is -0.496 e. The number of allylic oxidation sites excluding steroid dienone is 1. The summed E-state index contributed by atoms with van der Waals surface area (Å²) in [5.41, 5.74) is 4.92. The fraction of sp³-hybridized carbons (Fsp3) is 0.500. The van der Waals surface area contributed by atoms with Crippen molar-refractivity contribution in [2.24, 2.45) is 5.92 Å². The summed E-state index contributed by atoms with van der Waals surface area (Å²) in [6, 6.07) is 14.7. The van der Waals surface area contributed by atoms with Crippen LogP contribution in [-0.2, 0) is 16.0 Å². The maximum absolute atomic E-state index is 10.6. The zero-order valence-corrected chi connectivity index (χ0v) is 22.6. The quantitative estimate of drug-likeness (QED) is 0.340. The Kier molecular flexibility index (Phi) is 11.6. The van der Waals surface area contributed by atoms with Gasteiger partial charge in [-0.25, -0.2) is 4.79 Å². The highest BCUT2D eigenvalue weighted by Gasteiger charge is 2.35. The van der Waals surface area contributed by atoms with Gasteiger partial charge in [-0.2, -0.15) is 0 Å². The van der Waals surface area contributed by atoms with Gasteiger partial charge < -0.3 is 25.0 Å². The van der Waals surface area contributed by atoms with Gasteiger partial charge in [0.05, 0.1) is 25.9 Å². The van der Waals surface area contributed by atoms with Gasteiger partial charge in [-0.15, -0.1) is 0 Å². The van der Waals surface area contributed by atoms with Crippen molar-refractivity contribution >= 4 is 5.97 Å². The SMILES string of the molecule is C/C=C/C(=O)O.COc1ccccc1[C@H](OC[C@H](O)CNC(C)(C)Cc1ccc(C)c(C)c1)C1CC1. The number of aliphatic hydroxyl groups excluding tert-OH is 1. The van der Waals surface area contributed by atoms with Crippen LogP contribution in [0.1, 0.15) is 62.0 Å². The van der Waals surface area contributed by atoms with Crippen molar-refractivity contribution in [2.75, 3.05) is 20.3 Å². The van der Waals surface area contributed by atoms with Gasteiger partial charge in [0.2, 0.25) is 0 Å². The zero-order chi connectivity index (χ0) is 26.7. The van der Waals surface area contributed by atoms with Gasteiger partial charge in [-0.05, 0) is 82.6 Å². The smallest absolute Gasteiger partial charge is 0.327 e. The van der Waals surface area contributed by atoms with Crippen molar-refractivity contribution in [2.45, 2.75) is 71.6 Å². The van der Waals surface area contributed by atoms with Crippen LogP contribution in [0.25, 0.3) is 0 Å². The summed E-state index contributed by atoms with van der Waals surface area (Å²) in [5.74, 6) is 0.483. The minimum absolute atomic E-state index is 0.0145. The lowest BCUT2D eigenvalue weighted by Gasteiger charge is -2.29. The van der Waals surface area contributed by atoms with Gasteiger partial charge in [0.25, 0.3) is 0 Å². The third-order valence-electron chi connectivity index (χ3n) is 6.31. The fourth-order valence-electron chi connectivity index (χ4n) is 4.08. The van der Waals surface area contributed by atoms with E-state index in [4.69, 9.17) is 14.6 Å². The summed E-state index contributed by atoms with van der Waals surface area (Å²) in [6.45, 7) is 11.1. The second-order valence-electron chi connectivity index (χ2n) is 10.2. The molecule has 0 amide bonds. The number of methoxy groups -OCH3 is 1. The topological polar surface area (TPSA) is 88.0 Å². The molecule has 0 spiro atoms. The minimum atomic E-state index is -0.891. The van der Waals surface area contributed by atoms with Crippen LogP contribution in [0.5, 0.6) is 5.75 Å². The molecule has 1 fully saturated rings.